The average molecular weight is 336 g/mol. The lowest BCUT2D eigenvalue weighted by Crippen LogP contribution is -2.36. The minimum absolute atomic E-state index is 0.0352. The first kappa shape index (κ1) is 16.8. The maximum absolute atomic E-state index is 12.9. The van der Waals surface area contributed by atoms with E-state index >= 15 is 0 Å². The van der Waals surface area contributed by atoms with Crippen LogP contribution < -0.4 is 10.2 Å². The Kier molecular flexibility index (Phi) is 4.84. The van der Waals surface area contributed by atoms with Crippen molar-refractivity contribution < 1.29 is 14.7 Å². The van der Waals surface area contributed by atoms with Crippen molar-refractivity contribution in [3.63, 3.8) is 0 Å². The molecule has 3 rings (SSSR count). The topological polar surface area (TPSA) is 69.6 Å². The summed E-state index contributed by atoms with van der Waals surface area (Å²) in [7, 11) is 0. The maximum Gasteiger partial charge on any atom is 0.247 e. The standard InChI is InChI=1S/C20H20N2O3/c1-2-19(24)21-17-8-4-3-6-14(17)13-20(25)22-11-5-7-15-12-16(23)9-10-18(15)22/h2-4,6,8-10,12,23H,1,5,7,11,13H2,(H,21,24). The summed E-state index contributed by atoms with van der Waals surface area (Å²) in [6.45, 7) is 4.10. The predicted molar refractivity (Wildman–Crippen MR) is 97.8 cm³/mol. The Bertz CT molecular complexity index is 829. The summed E-state index contributed by atoms with van der Waals surface area (Å²) in [6, 6.07) is 12.4. The molecule has 0 saturated heterocycles. The molecule has 2 aromatic carbocycles. The summed E-state index contributed by atoms with van der Waals surface area (Å²) >= 11 is 0. The molecule has 0 spiro atoms. The molecule has 5 heteroatoms. The zero-order valence-electron chi connectivity index (χ0n) is 13.9. The van der Waals surface area contributed by atoms with Crippen LogP contribution in [0.15, 0.2) is 55.1 Å². The molecule has 0 atom stereocenters. The fraction of sp³-hybridized carbons (Fsp3) is 0.200. The Morgan fingerprint density at radius 2 is 2.04 bits per heavy atom. The molecule has 0 fully saturated rings. The number of hydrogen-bond donors (Lipinski definition) is 2. The normalized spacial score (nSPS) is 13.0. The molecule has 0 unspecified atom stereocenters. The van der Waals surface area contributed by atoms with Gasteiger partial charge in [0, 0.05) is 17.9 Å². The Hall–Kier alpha value is -3.08. The van der Waals surface area contributed by atoms with Gasteiger partial charge >= 0.3 is 0 Å². The smallest absolute Gasteiger partial charge is 0.247 e. The molecule has 2 N–H and O–H groups in total. The van der Waals surface area contributed by atoms with Crippen molar-refractivity contribution in [3.8, 4) is 5.75 Å². The molecule has 0 bridgehead atoms. The van der Waals surface area contributed by atoms with Gasteiger partial charge in [-0.15, -0.1) is 0 Å². The van der Waals surface area contributed by atoms with Crippen LogP contribution in [0.1, 0.15) is 17.5 Å². The summed E-state index contributed by atoms with van der Waals surface area (Å²) in [5.74, 6) is -0.129. The fourth-order valence-electron chi connectivity index (χ4n) is 3.08. The first-order valence-electron chi connectivity index (χ1n) is 8.22. The van der Waals surface area contributed by atoms with E-state index in [0.29, 0.717) is 12.2 Å². The molecular formula is C20H20N2O3. The van der Waals surface area contributed by atoms with Gasteiger partial charge in [-0.3, -0.25) is 9.59 Å². The van der Waals surface area contributed by atoms with Crippen molar-refractivity contribution >= 4 is 23.2 Å². The molecule has 5 nitrogen and oxygen atoms in total. The number of carbonyl (C=O) groups excluding carboxylic acids is 2. The molecular weight excluding hydrogens is 316 g/mol. The molecule has 0 aliphatic carbocycles. The number of carbonyl (C=O) groups is 2. The number of aryl methyl sites for hydroxylation is 1. The summed E-state index contributed by atoms with van der Waals surface area (Å²) in [4.78, 5) is 26.2. The number of rotatable bonds is 4. The highest BCUT2D eigenvalue weighted by Gasteiger charge is 2.23. The minimum Gasteiger partial charge on any atom is -0.508 e. The van der Waals surface area contributed by atoms with Gasteiger partial charge in [-0.2, -0.15) is 0 Å². The Morgan fingerprint density at radius 1 is 1.24 bits per heavy atom. The van der Waals surface area contributed by atoms with Crippen LogP contribution in [0.2, 0.25) is 0 Å². The van der Waals surface area contributed by atoms with Crippen LogP contribution >= 0.6 is 0 Å². The number of anilines is 2. The number of phenolic OH excluding ortho intramolecular Hbond substituents is 1. The van der Waals surface area contributed by atoms with Gasteiger partial charge in [-0.1, -0.05) is 24.8 Å². The number of phenols is 1. The molecule has 1 aliphatic heterocycles. The van der Waals surface area contributed by atoms with Crippen LogP contribution in [0, 0.1) is 0 Å². The van der Waals surface area contributed by atoms with Gasteiger partial charge in [0.15, 0.2) is 0 Å². The monoisotopic (exact) mass is 336 g/mol. The molecule has 0 saturated carbocycles. The Morgan fingerprint density at radius 3 is 2.84 bits per heavy atom. The van der Waals surface area contributed by atoms with E-state index in [1.807, 2.05) is 18.2 Å². The molecule has 128 valence electrons. The summed E-state index contributed by atoms with van der Waals surface area (Å²) in [5, 5.41) is 12.4. The first-order valence-corrected chi connectivity index (χ1v) is 8.22. The van der Waals surface area contributed by atoms with Crippen LogP contribution in [-0.2, 0) is 22.4 Å². The van der Waals surface area contributed by atoms with E-state index in [2.05, 4.69) is 11.9 Å². The quantitative estimate of drug-likeness (QED) is 0.843. The van der Waals surface area contributed by atoms with Crippen molar-refractivity contribution in [1.29, 1.82) is 0 Å². The van der Waals surface area contributed by atoms with Gasteiger partial charge in [0.05, 0.1) is 6.42 Å². The molecule has 25 heavy (non-hydrogen) atoms. The Balaban J connectivity index is 1.82. The van der Waals surface area contributed by atoms with E-state index in [9.17, 15) is 14.7 Å². The summed E-state index contributed by atoms with van der Waals surface area (Å²) in [5.41, 5.74) is 3.20. The fourth-order valence-corrected chi connectivity index (χ4v) is 3.08. The zero-order valence-corrected chi connectivity index (χ0v) is 13.9. The molecule has 1 aliphatic rings. The third kappa shape index (κ3) is 3.71. The number of amides is 2. The Labute approximate surface area is 146 Å². The van der Waals surface area contributed by atoms with E-state index < -0.39 is 0 Å². The highest BCUT2D eigenvalue weighted by Crippen LogP contribution is 2.31. The van der Waals surface area contributed by atoms with E-state index in [0.717, 1.165) is 29.7 Å². The maximum atomic E-state index is 12.9. The van der Waals surface area contributed by atoms with Gasteiger partial charge in [0.1, 0.15) is 5.75 Å². The van der Waals surface area contributed by atoms with E-state index in [4.69, 9.17) is 0 Å². The lowest BCUT2D eigenvalue weighted by atomic mass is 10.00. The zero-order chi connectivity index (χ0) is 17.8. The predicted octanol–water partition coefficient (Wildman–Crippen LogP) is 3.04. The van der Waals surface area contributed by atoms with Gasteiger partial charge < -0.3 is 15.3 Å². The molecule has 0 aromatic heterocycles. The largest absolute Gasteiger partial charge is 0.508 e. The number of hydrogen-bond acceptors (Lipinski definition) is 3. The van der Waals surface area contributed by atoms with Crippen molar-refractivity contribution in [3.05, 3.63) is 66.2 Å². The van der Waals surface area contributed by atoms with Crippen molar-refractivity contribution in [2.24, 2.45) is 0 Å². The number of para-hydroxylation sites is 1. The van der Waals surface area contributed by atoms with Gasteiger partial charge in [-0.05, 0) is 54.3 Å². The number of fused-ring (bicyclic) bond motifs is 1. The first-order chi connectivity index (χ1) is 12.1. The van der Waals surface area contributed by atoms with Crippen molar-refractivity contribution in [2.75, 3.05) is 16.8 Å². The summed E-state index contributed by atoms with van der Waals surface area (Å²) < 4.78 is 0. The highest BCUT2D eigenvalue weighted by atomic mass is 16.3. The van der Waals surface area contributed by atoms with Crippen LogP contribution in [0.4, 0.5) is 11.4 Å². The lowest BCUT2D eigenvalue weighted by molar-refractivity contribution is -0.118. The second-order valence-electron chi connectivity index (χ2n) is 5.99. The van der Waals surface area contributed by atoms with Crippen LogP contribution in [0.25, 0.3) is 0 Å². The third-order valence-electron chi connectivity index (χ3n) is 4.29. The van der Waals surface area contributed by atoms with Crippen molar-refractivity contribution in [2.45, 2.75) is 19.3 Å². The lowest BCUT2D eigenvalue weighted by Gasteiger charge is -2.30. The highest BCUT2D eigenvalue weighted by molar-refractivity contribution is 6.01. The number of nitrogens with zero attached hydrogens (tertiary/aromatic N) is 1. The number of aromatic hydroxyl groups is 1. The second-order valence-corrected chi connectivity index (χ2v) is 5.99. The molecule has 1 heterocycles. The van der Waals surface area contributed by atoms with Gasteiger partial charge in [0.25, 0.3) is 0 Å². The number of benzene rings is 2. The van der Waals surface area contributed by atoms with E-state index in [-0.39, 0.29) is 24.0 Å². The molecule has 2 amide bonds. The minimum atomic E-state index is -0.307. The average Bonchev–Trinajstić information content (AvgIpc) is 2.62. The van der Waals surface area contributed by atoms with Crippen LogP contribution in [0.3, 0.4) is 0 Å². The van der Waals surface area contributed by atoms with E-state index in [1.165, 1.54) is 6.08 Å². The third-order valence-corrected chi connectivity index (χ3v) is 4.29. The van der Waals surface area contributed by atoms with Gasteiger partial charge in [-0.25, -0.2) is 0 Å². The SMILES string of the molecule is C=CC(=O)Nc1ccccc1CC(=O)N1CCCc2cc(O)ccc21. The van der Waals surface area contributed by atoms with E-state index in [1.54, 1.807) is 29.2 Å². The van der Waals surface area contributed by atoms with Crippen LogP contribution in [0.5, 0.6) is 5.75 Å². The van der Waals surface area contributed by atoms with Crippen LogP contribution in [-0.4, -0.2) is 23.5 Å². The van der Waals surface area contributed by atoms with Gasteiger partial charge in [0.2, 0.25) is 11.8 Å². The molecule has 2 aromatic rings. The molecule has 0 radical (unpaired) electrons. The summed E-state index contributed by atoms with van der Waals surface area (Å²) in [6.07, 6.45) is 3.09. The van der Waals surface area contributed by atoms with Crippen molar-refractivity contribution in [1.82, 2.24) is 0 Å². The second kappa shape index (κ2) is 7.21. The number of nitrogens with one attached hydrogen (secondary N) is 1.